The highest BCUT2D eigenvalue weighted by Crippen LogP contribution is 2.21. The van der Waals surface area contributed by atoms with Gasteiger partial charge in [0.25, 0.3) is 17.5 Å². The quantitative estimate of drug-likeness (QED) is 0.629. The van der Waals surface area contributed by atoms with Crippen LogP contribution in [0.2, 0.25) is 0 Å². The van der Waals surface area contributed by atoms with Gasteiger partial charge in [-0.3, -0.25) is 35.3 Å². The monoisotopic (exact) mass is 368 g/mol. The molecule has 0 aromatic heterocycles. The first-order valence-corrected chi connectivity index (χ1v) is 8.21. The molecule has 0 radical (unpaired) electrons. The molecule has 0 unspecified atom stereocenters. The molecular weight excluding hydrogens is 352 g/mol. The maximum atomic E-state index is 12.1. The topological polar surface area (TPSA) is 122 Å². The number of carbonyl (C=O) groups is 3. The Morgan fingerprint density at radius 2 is 1.67 bits per heavy atom. The number of carbonyl (C=O) groups excluding carboxylic acids is 3. The molecule has 2 aromatic rings. The molecule has 2 N–H and O–H groups in total. The highest BCUT2D eigenvalue weighted by molar-refractivity contribution is 6.00. The van der Waals surface area contributed by atoms with Crippen LogP contribution in [0.4, 0.5) is 11.4 Å². The maximum absolute atomic E-state index is 12.1. The number of nitro benzene ring substituents is 1. The van der Waals surface area contributed by atoms with Crippen molar-refractivity contribution in [1.82, 2.24) is 10.9 Å². The smallest absolute Gasteiger partial charge is 0.270 e. The van der Waals surface area contributed by atoms with Crippen LogP contribution in [-0.4, -0.2) is 29.2 Å². The van der Waals surface area contributed by atoms with Gasteiger partial charge in [0.15, 0.2) is 0 Å². The van der Waals surface area contributed by atoms with Gasteiger partial charge >= 0.3 is 0 Å². The van der Waals surface area contributed by atoms with Gasteiger partial charge in [-0.15, -0.1) is 0 Å². The first kappa shape index (κ1) is 18.1. The maximum Gasteiger partial charge on any atom is 0.270 e. The van der Waals surface area contributed by atoms with Crippen LogP contribution in [0.25, 0.3) is 0 Å². The Bertz CT molecular complexity index is 910. The van der Waals surface area contributed by atoms with Gasteiger partial charge in [0.2, 0.25) is 5.91 Å². The van der Waals surface area contributed by atoms with Crippen molar-refractivity contribution >= 4 is 29.1 Å². The Hall–Kier alpha value is -3.75. The molecule has 0 spiro atoms. The number of nitro groups is 1. The van der Waals surface area contributed by atoms with Crippen molar-refractivity contribution in [3.8, 4) is 0 Å². The number of benzene rings is 2. The standard InChI is InChI=1S/C18H16N4O5/c23-16-5-2-10-21(16)14-8-6-12(7-9-14)17(24)19-20-18(25)13-3-1-4-15(11-13)22(26)27/h1,3-4,6-9,11H,2,5,10H2,(H,19,24)(H,20,25). The second-order valence-electron chi connectivity index (χ2n) is 5.91. The zero-order valence-electron chi connectivity index (χ0n) is 14.2. The van der Waals surface area contributed by atoms with E-state index >= 15 is 0 Å². The molecule has 9 nitrogen and oxygen atoms in total. The predicted octanol–water partition coefficient (Wildman–Crippen LogP) is 1.80. The fourth-order valence-electron chi connectivity index (χ4n) is 2.73. The number of rotatable bonds is 4. The molecule has 9 heteroatoms. The summed E-state index contributed by atoms with van der Waals surface area (Å²) < 4.78 is 0. The lowest BCUT2D eigenvalue weighted by molar-refractivity contribution is -0.384. The molecule has 3 amide bonds. The summed E-state index contributed by atoms with van der Waals surface area (Å²) in [6, 6.07) is 11.6. The van der Waals surface area contributed by atoms with E-state index in [9.17, 15) is 24.5 Å². The molecule has 1 fully saturated rings. The van der Waals surface area contributed by atoms with E-state index in [-0.39, 0.29) is 17.2 Å². The normalized spacial score (nSPS) is 13.3. The third-order valence-corrected chi connectivity index (χ3v) is 4.12. The molecule has 0 aliphatic carbocycles. The van der Waals surface area contributed by atoms with Crippen molar-refractivity contribution in [3.63, 3.8) is 0 Å². The van der Waals surface area contributed by atoms with Crippen LogP contribution in [0.1, 0.15) is 33.6 Å². The summed E-state index contributed by atoms with van der Waals surface area (Å²) in [6.45, 7) is 0.656. The van der Waals surface area contributed by atoms with Crippen LogP contribution in [0.15, 0.2) is 48.5 Å². The molecule has 1 aliphatic heterocycles. The summed E-state index contributed by atoms with van der Waals surface area (Å²) in [7, 11) is 0. The van der Waals surface area contributed by atoms with Gasteiger partial charge in [-0.25, -0.2) is 0 Å². The molecule has 0 bridgehead atoms. The Labute approximate surface area is 154 Å². The summed E-state index contributed by atoms with van der Waals surface area (Å²) in [4.78, 5) is 47.7. The largest absolute Gasteiger partial charge is 0.312 e. The fourth-order valence-corrected chi connectivity index (χ4v) is 2.73. The van der Waals surface area contributed by atoms with Gasteiger partial charge in [-0.1, -0.05) is 6.07 Å². The minimum Gasteiger partial charge on any atom is -0.312 e. The summed E-state index contributed by atoms with van der Waals surface area (Å²) in [6.07, 6.45) is 1.33. The van der Waals surface area contributed by atoms with Crippen LogP contribution in [-0.2, 0) is 4.79 Å². The van der Waals surface area contributed by atoms with Crippen LogP contribution in [0, 0.1) is 10.1 Å². The highest BCUT2D eigenvalue weighted by atomic mass is 16.6. The van der Waals surface area contributed by atoms with E-state index < -0.39 is 16.7 Å². The van der Waals surface area contributed by atoms with Crippen LogP contribution in [0.3, 0.4) is 0 Å². The molecule has 3 rings (SSSR count). The van der Waals surface area contributed by atoms with E-state index in [4.69, 9.17) is 0 Å². The average molecular weight is 368 g/mol. The second-order valence-corrected chi connectivity index (χ2v) is 5.91. The first-order valence-electron chi connectivity index (χ1n) is 8.21. The van der Waals surface area contributed by atoms with Crippen LogP contribution >= 0.6 is 0 Å². The molecule has 0 saturated carbocycles. The van der Waals surface area contributed by atoms with Crippen molar-refractivity contribution in [2.45, 2.75) is 12.8 Å². The van der Waals surface area contributed by atoms with Crippen LogP contribution < -0.4 is 15.8 Å². The Kier molecular flexibility index (Phi) is 5.11. The van der Waals surface area contributed by atoms with E-state index in [0.29, 0.717) is 18.5 Å². The molecule has 0 atom stereocenters. The molecule has 2 aromatic carbocycles. The minimum absolute atomic E-state index is 0.0485. The number of hydrazine groups is 1. The van der Waals surface area contributed by atoms with E-state index in [2.05, 4.69) is 10.9 Å². The van der Waals surface area contributed by atoms with E-state index in [1.165, 1.54) is 18.2 Å². The van der Waals surface area contributed by atoms with Crippen LogP contribution in [0.5, 0.6) is 0 Å². The van der Waals surface area contributed by atoms with Gasteiger partial charge in [0.05, 0.1) is 4.92 Å². The molecule has 138 valence electrons. The number of anilines is 1. The lowest BCUT2D eigenvalue weighted by atomic mass is 10.2. The number of nitrogens with zero attached hydrogens (tertiary/aromatic N) is 2. The van der Waals surface area contributed by atoms with Gasteiger partial charge in [0.1, 0.15) is 0 Å². The van der Waals surface area contributed by atoms with E-state index in [1.54, 1.807) is 29.2 Å². The molecule has 27 heavy (non-hydrogen) atoms. The zero-order valence-corrected chi connectivity index (χ0v) is 14.2. The first-order chi connectivity index (χ1) is 13.0. The zero-order chi connectivity index (χ0) is 19.4. The number of amides is 3. The fraction of sp³-hybridized carbons (Fsp3) is 0.167. The van der Waals surface area contributed by atoms with E-state index in [0.717, 1.165) is 18.2 Å². The van der Waals surface area contributed by atoms with Gasteiger partial charge in [-0.05, 0) is 36.8 Å². The lowest BCUT2D eigenvalue weighted by Gasteiger charge is -2.15. The highest BCUT2D eigenvalue weighted by Gasteiger charge is 2.21. The second kappa shape index (κ2) is 7.65. The summed E-state index contributed by atoms with van der Waals surface area (Å²) >= 11 is 0. The van der Waals surface area contributed by atoms with Crippen molar-refractivity contribution in [3.05, 3.63) is 69.8 Å². The Balaban J connectivity index is 1.60. The lowest BCUT2D eigenvalue weighted by Crippen LogP contribution is -2.41. The average Bonchev–Trinajstić information content (AvgIpc) is 3.12. The van der Waals surface area contributed by atoms with Crippen molar-refractivity contribution in [1.29, 1.82) is 0 Å². The van der Waals surface area contributed by atoms with Crippen molar-refractivity contribution < 1.29 is 19.3 Å². The van der Waals surface area contributed by atoms with Gasteiger partial charge < -0.3 is 4.90 Å². The third kappa shape index (κ3) is 4.09. The molecule has 1 aliphatic rings. The predicted molar refractivity (Wildman–Crippen MR) is 96.1 cm³/mol. The van der Waals surface area contributed by atoms with E-state index in [1.807, 2.05) is 0 Å². The molecule has 1 heterocycles. The van der Waals surface area contributed by atoms with Crippen molar-refractivity contribution in [2.75, 3.05) is 11.4 Å². The number of hydrogen-bond donors (Lipinski definition) is 2. The van der Waals surface area contributed by atoms with Crippen molar-refractivity contribution in [2.24, 2.45) is 0 Å². The Morgan fingerprint density at radius 1 is 1.00 bits per heavy atom. The SMILES string of the molecule is O=C(NNC(=O)c1cccc([N+](=O)[O-])c1)c1ccc(N2CCCC2=O)cc1. The summed E-state index contributed by atoms with van der Waals surface area (Å²) in [5, 5.41) is 10.7. The van der Waals surface area contributed by atoms with Gasteiger partial charge in [0, 0.05) is 41.9 Å². The number of hydrogen-bond acceptors (Lipinski definition) is 5. The molecule has 1 saturated heterocycles. The summed E-state index contributed by atoms with van der Waals surface area (Å²) in [5.74, 6) is -1.17. The minimum atomic E-state index is -0.675. The number of non-ortho nitro benzene ring substituents is 1. The number of nitrogens with one attached hydrogen (secondary N) is 2. The summed E-state index contributed by atoms with van der Waals surface area (Å²) in [5.41, 5.74) is 5.31. The Morgan fingerprint density at radius 3 is 2.26 bits per heavy atom. The molecular formula is C18H16N4O5. The van der Waals surface area contributed by atoms with Gasteiger partial charge in [-0.2, -0.15) is 0 Å². The third-order valence-electron chi connectivity index (χ3n) is 4.12.